The number of hydrogen-bond acceptors (Lipinski definition) is 3. The molecule has 2 aliphatic heterocycles. The molecule has 0 bridgehead atoms. The maximum Gasteiger partial charge on any atom is 0.317 e. The number of carbonyl (C=O) groups excluding carboxylic acids is 1. The first-order valence-corrected chi connectivity index (χ1v) is 10.2. The number of amides is 2. The summed E-state index contributed by atoms with van der Waals surface area (Å²) in [5.74, 6) is 0.706. The first-order chi connectivity index (χ1) is 12.4. The van der Waals surface area contributed by atoms with E-state index in [0.29, 0.717) is 18.0 Å². The molecular weight excluding hydrogens is 326 g/mol. The number of nitrogens with zero attached hydrogens (tertiary/aromatic N) is 4. The van der Waals surface area contributed by atoms with Crippen molar-refractivity contribution in [3.05, 3.63) is 17.5 Å². The van der Waals surface area contributed by atoms with E-state index < -0.39 is 0 Å². The second-order valence-electron chi connectivity index (χ2n) is 8.49. The average Bonchev–Trinajstić information content (AvgIpc) is 2.85. The molecule has 0 aliphatic carbocycles. The highest BCUT2D eigenvalue weighted by atomic mass is 16.2. The largest absolute Gasteiger partial charge is 0.338 e. The first-order valence-electron chi connectivity index (χ1n) is 10.2. The Morgan fingerprint density at radius 3 is 2.73 bits per heavy atom. The lowest BCUT2D eigenvalue weighted by molar-refractivity contribution is 0.111. The summed E-state index contributed by atoms with van der Waals surface area (Å²) in [6.07, 6.45) is 4.97. The molecule has 2 fully saturated rings. The zero-order chi connectivity index (χ0) is 18.7. The van der Waals surface area contributed by atoms with Crippen molar-refractivity contribution in [2.75, 3.05) is 32.7 Å². The summed E-state index contributed by atoms with van der Waals surface area (Å²) in [5, 5.41) is 7.66. The van der Waals surface area contributed by atoms with E-state index in [0.717, 1.165) is 31.7 Å². The zero-order valence-electron chi connectivity index (χ0n) is 16.9. The monoisotopic (exact) mass is 361 g/mol. The smallest absolute Gasteiger partial charge is 0.317 e. The Bertz CT molecular complexity index is 605. The van der Waals surface area contributed by atoms with Crippen LogP contribution in [0.2, 0.25) is 0 Å². The number of carbonyl (C=O) groups is 1. The molecule has 1 unspecified atom stereocenters. The van der Waals surface area contributed by atoms with Gasteiger partial charge in [0.05, 0.1) is 11.7 Å². The highest BCUT2D eigenvalue weighted by molar-refractivity contribution is 5.75. The van der Waals surface area contributed by atoms with Crippen molar-refractivity contribution >= 4 is 6.03 Å². The molecule has 1 N–H and O–H groups in total. The van der Waals surface area contributed by atoms with Crippen molar-refractivity contribution in [1.82, 2.24) is 24.9 Å². The topological polar surface area (TPSA) is 53.4 Å². The van der Waals surface area contributed by atoms with E-state index in [4.69, 9.17) is 0 Å². The Hall–Kier alpha value is -1.56. The molecule has 6 heteroatoms. The SMILES string of the molecule is Cc1cc(C)n(C2CN(C(=O)NCCC3CCCCN3CC(C)C)C2)n1. The van der Waals surface area contributed by atoms with Gasteiger partial charge in [0, 0.05) is 37.9 Å². The van der Waals surface area contributed by atoms with Gasteiger partial charge in [-0.2, -0.15) is 5.10 Å². The molecule has 1 atom stereocenters. The molecule has 1 aromatic heterocycles. The zero-order valence-corrected chi connectivity index (χ0v) is 16.9. The third-order valence-electron chi connectivity index (χ3n) is 5.64. The van der Waals surface area contributed by atoms with Crippen molar-refractivity contribution in [3.8, 4) is 0 Å². The lowest BCUT2D eigenvalue weighted by Gasteiger charge is -2.40. The number of aryl methyl sites for hydroxylation is 2. The van der Waals surface area contributed by atoms with E-state index in [9.17, 15) is 4.79 Å². The van der Waals surface area contributed by atoms with E-state index in [1.165, 1.54) is 38.0 Å². The number of likely N-dealkylation sites (tertiary alicyclic amines) is 2. The van der Waals surface area contributed by atoms with Gasteiger partial charge in [-0.05, 0) is 51.6 Å². The minimum absolute atomic E-state index is 0.0778. The van der Waals surface area contributed by atoms with Crippen molar-refractivity contribution in [2.24, 2.45) is 5.92 Å². The minimum atomic E-state index is 0.0778. The molecule has 6 nitrogen and oxygen atoms in total. The summed E-state index contributed by atoms with van der Waals surface area (Å²) in [4.78, 5) is 16.9. The van der Waals surface area contributed by atoms with E-state index >= 15 is 0 Å². The van der Waals surface area contributed by atoms with E-state index in [1.807, 2.05) is 11.8 Å². The third-order valence-corrected chi connectivity index (χ3v) is 5.64. The molecule has 0 radical (unpaired) electrons. The standard InChI is InChI=1S/C20H35N5O/c1-15(2)12-23-10-6-5-7-18(23)8-9-21-20(26)24-13-19(14-24)25-17(4)11-16(3)22-25/h11,15,18-19H,5-10,12-14H2,1-4H3,(H,21,26). The first kappa shape index (κ1) is 19.2. The number of hydrogen-bond donors (Lipinski definition) is 1. The molecule has 2 aliphatic rings. The fourth-order valence-corrected chi connectivity index (χ4v) is 4.35. The van der Waals surface area contributed by atoms with Gasteiger partial charge in [0.25, 0.3) is 0 Å². The van der Waals surface area contributed by atoms with Crippen molar-refractivity contribution in [3.63, 3.8) is 0 Å². The average molecular weight is 362 g/mol. The summed E-state index contributed by atoms with van der Waals surface area (Å²) in [6, 6.07) is 3.13. The molecule has 0 saturated carbocycles. The molecule has 3 rings (SSSR count). The van der Waals surface area contributed by atoms with Gasteiger partial charge < -0.3 is 15.1 Å². The molecule has 1 aromatic rings. The normalized spacial score (nSPS) is 21.9. The Morgan fingerprint density at radius 2 is 2.08 bits per heavy atom. The Morgan fingerprint density at radius 1 is 1.31 bits per heavy atom. The molecule has 3 heterocycles. The highest BCUT2D eigenvalue weighted by Gasteiger charge is 2.33. The van der Waals surface area contributed by atoms with Crippen LogP contribution in [-0.2, 0) is 0 Å². The molecule has 26 heavy (non-hydrogen) atoms. The van der Waals surface area contributed by atoms with E-state index in [-0.39, 0.29) is 6.03 Å². The van der Waals surface area contributed by atoms with Gasteiger partial charge in [-0.25, -0.2) is 4.79 Å². The molecule has 0 aromatic carbocycles. The fourth-order valence-electron chi connectivity index (χ4n) is 4.35. The summed E-state index contributed by atoms with van der Waals surface area (Å²) in [5.41, 5.74) is 2.22. The maximum absolute atomic E-state index is 12.4. The predicted molar refractivity (Wildman–Crippen MR) is 104 cm³/mol. The minimum Gasteiger partial charge on any atom is -0.338 e. The van der Waals surface area contributed by atoms with Crippen molar-refractivity contribution in [2.45, 2.75) is 65.5 Å². The number of urea groups is 1. The summed E-state index contributed by atoms with van der Waals surface area (Å²) in [7, 11) is 0. The second kappa shape index (κ2) is 8.42. The van der Waals surface area contributed by atoms with Gasteiger partial charge in [-0.3, -0.25) is 4.68 Å². The van der Waals surface area contributed by atoms with Crippen LogP contribution in [0.1, 0.15) is 57.0 Å². The lowest BCUT2D eigenvalue weighted by Crippen LogP contribution is -2.55. The quantitative estimate of drug-likeness (QED) is 0.847. The van der Waals surface area contributed by atoms with Crippen LogP contribution in [0.5, 0.6) is 0 Å². The van der Waals surface area contributed by atoms with Crippen LogP contribution >= 0.6 is 0 Å². The maximum atomic E-state index is 12.4. The Kier molecular flexibility index (Phi) is 6.22. The van der Waals surface area contributed by atoms with Gasteiger partial charge >= 0.3 is 6.03 Å². The van der Waals surface area contributed by atoms with Crippen LogP contribution in [0.15, 0.2) is 6.07 Å². The van der Waals surface area contributed by atoms with Gasteiger partial charge in [0.1, 0.15) is 0 Å². The van der Waals surface area contributed by atoms with Crippen molar-refractivity contribution < 1.29 is 4.79 Å². The third kappa shape index (κ3) is 4.58. The van der Waals surface area contributed by atoms with Gasteiger partial charge in [0.15, 0.2) is 0 Å². The number of aromatic nitrogens is 2. The van der Waals surface area contributed by atoms with Crippen LogP contribution in [0, 0.1) is 19.8 Å². The van der Waals surface area contributed by atoms with E-state index in [1.54, 1.807) is 0 Å². The lowest BCUT2D eigenvalue weighted by atomic mass is 9.98. The number of nitrogens with one attached hydrogen (secondary N) is 1. The van der Waals surface area contributed by atoms with E-state index in [2.05, 4.69) is 46.8 Å². The van der Waals surface area contributed by atoms with Crippen LogP contribution in [0.4, 0.5) is 4.79 Å². The summed E-state index contributed by atoms with van der Waals surface area (Å²) < 4.78 is 2.06. The molecule has 0 spiro atoms. The van der Waals surface area contributed by atoms with Crippen molar-refractivity contribution in [1.29, 1.82) is 0 Å². The number of rotatable bonds is 6. The van der Waals surface area contributed by atoms with Crippen LogP contribution in [0.3, 0.4) is 0 Å². The van der Waals surface area contributed by atoms with Gasteiger partial charge in [-0.1, -0.05) is 20.3 Å². The molecule has 2 saturated heterocycles. The van der Waals surface area contributed by atoms with Gasteiger partial charge in [-0.15, -0.1) is 0 Å². The highest BCUT2D eigenvalue weighted by Crippen LogP contribution is 2.23. The summed E-state index contributed by atoms with van der Waals surface area (Å²) in [6.45, 7) is 13.4. The Labute approximate surface area is 157 Å². The number of piperidine rings is 1. The fraction of sp³-hybridized carbons (Fsp3) is 0.800. The predicted octanol–water partition coefficient (Wildman–Crippen LogP) is 2.97. The summed E-state index contributed by atoms with van der Waals surface area (Å²) >= 11 is 0. The van der Waals surface area contributed by atoms with Gasteiger partial charge in [0.2, 0.25) is 0 Å². The van der Waals surface area contributed by atoms with Crippen LogP contribution in [0.25, 0.3) is 0 Å². The molecule has 2 amide bonds. The second-order valence-corrected chi connectivity index (χ2v) is 8.49. The Balaban J connectivity index is 1.39. The molecule has 146 valence electrons. The van der Waals surface area contributed by atoms with Crippen LogP contribution < -0.4 is 5.32 Å². The van der Waals surface area contributed by atoms with Crippen LogP contribution in [-0.4, -0.2) is 64.4 Å². The molecular formula is C20H35N5O.